The van der Waals surface area contributed by atoms with Gasteiger partial charge in [-0.05, 0) is 79.5 Å². The molecule has 0 saturated heterocycles. The van der Waals surface area contributed by atoms with Crippen LogP contribution < -0.4 is 10.7 Å². The Morgan fingerprint density at radius 2 is 1.82 bits per heavy atom. The van der Waals surface area contributed by atoms with E-state index in [4.69, 9.17) is 5.11 Å². The third kappa shape index (κ3) is 7.31. The van der Waals surface area contributed by atoms with Crippen molar-refractivity contribution in [2.24, 2.45) is 22.9 Å². The summed E-state index contributed by atoms with van der Waals surface area (Å²) in [6.45, 7) is 4.85. The number of carboxylic acid groups (broad SMARTS) is 1. The number of hydrogen-bond donors (Lipinski definition) is 3. The van der Waals surface area contributed by atoms with E-state index in [1.54, 1.807) is 0 Å². The second-order valence-corrected chi connectivity index (χ2v) is 9.28. The smallest absolute Gasteiger partial charge is 0.335 e. The van der Waals surface area contributed by atoms with Gasteiger partial charge in [0.25, 0.3) is 0 Å². The lowest BCUT2D eigenvalue weighted by atomic mass is 9.82. The molecule has 2 aromatic carbocycles. The largest absolute Gasteiger partial charge is 0.481 e. The molecule has 0 aliphatic heterocycles. The zero-order chi connectivity index (χ0) is 23.6. The Kier molecular flexibility index (Phi) is 9.28. The maximum Gasteiger partial charge on any atom is 0.335 e. The molecule has 0 aromatic heterocycles. The number of nitrogens with zero attached hydrogens (tertiary/aromatic N) is 1. The minimum atomic E-state index is -0.702. The summed E-state index contributed by atoms with van der Waals surface area (Å²) in [6, 6.07) is 14.6. The maximum atomic E-state index is 12.3. The number of aryl methyl sites for hydroxylation is 1. The summed E-state index contributed by atoms with van der Waals surface area (Å²) in [5.74, 6) is -0.285. The molecular weight excluding hydrogens is 414 g/mol. The Labute approximate surface area is 196 Å². The van der Waals surface area contributed by atoms with E-state index in [-0.39, 0.29) is 11.9 Å². The van der Waals surface area contributed by atoms with Crippen LogP contribution in [0.1, 0.15) is 64.4 Å². The van der Waals surface area contributed by atoms with Gasteiger partial charge >= 0.3 is 12.0 Å². The number of hydrazone groups is 1. The van der Waals surface area contributed by atoms with Crippen molar-refractivity contribution in [1.29, 1.82) is 0 Å². The number of hydrogen-bond acceptors (Lipinski definition) is 3. The second-order valence-electron chi connectivity index (χ2n) is 9.28. The summed E-state index contributed by atoms with van der Waals surface area (Å²) in [5.41, 5.74) is 5.06. The first-order valence-corrected chi connectivity index (χ1v) is 12.3. The number of carbonyl (C=O) groups is 2. The molecule has 2 amide bonds. The number of fused-ring (bicyclic) bond motifs is 1. The predicted molar refractivity (Wildman–Crippen MR) is 133 cm³/mol. The lowest BCUT2D eigenvalue weighted by molar-refractivity contribution is -0.143. The fourth-order valence-corrected chi connectivity index (χ4v) is 4.63. The van der Waals surface area contributed by atoms with Crippen molar-refractivity contribution in [2.75, 3.05) is 6.54 Å². The summed E-state index contributed by atoms with van der Waals surface area (Å²) in [4.78, 5) is 23.4. The van der Waals surface area contributed by atoms with Gasteiger partial charge in [0.05, 0.1) is 5.92 Å². The topological polar surface area (TPSA) is 90.8 Å². The van der Waals surface area contributed by atoms with Crippen LogP contribution in [0.3, 0.4) is 0 Å². The normalized spacial score (nSPS) is 19.8. The Bertz CT molecular complexity index is 959. The monoisotopic (exact) mass is 451 g/mol. The number of carboxylic acids is 1. The minimum absolute atomic E-state index is 0.230. The predicted octanol–water partition coefficient (Wildman–Crippen LogP) is 5.75. The quantitative estimate of drug-likeness (QED) is 0.317. The highest BCUT2D eigenvalue weighted by atomic mass is 16.4. The average Bonchev–Trinajstić information content (AvgIpc) is 2.84. The van der Waals surface area contributed by atoms with E-state index >= 15 is 0 Å². The van der Waals surface area contributed by atoms with Crippen molar-refractivity contribution in [3.63, 3.8) is 0 Å². The van der Waals surface area contributed by atoms with Crippen molar-refractivity contribution < 1.29 is 14.7 Å². The first kappa shape index (κ1) is 24.7. The van der Waals surface area contributed by atoms with Gasteiger partial charge in [-0.3, -0.25) is 4.79 Å². The molecule has 6 heteroatoms. The van der Waals surface area contributed by atoms with Crippen LogP contribution in [0.2, 0.25) is 0 Å². The Morgan fingerprint density at radius 1 is 1.09 bits per heavy atom. The molecule has 3 N–H and O–H groups in total. The number of aliphatic carboxylic acids is 1. The third-order valence-corrected chi connectivity index (χ3v) is 6.99. The van der Waals surface area contributed by atoms with Crippen molar-refractivity contribution in [1.82, 2.24) is 10.7 Å². The van der Waals surface area contributed by atoms with Crippen LogP contribution in [-0.4, -0.2) is 29.4 Å². The lowest BCUT2D eigenvalue weighted by Gasteiger charge is -2.26. The van der Waals surface area contributed by atoms with E-state index < -0.39 is 5.97 Å². The van der Waals surface area contributed by atoms with Crippen LogP contribution in [0.4, 0.5) is 4.79 Å². The van der Waals surface area contributed by atoms with Gasteiger partial charge in [-0.2, -0.15) is 5.10 Å². The molecule has 3 rings (SSSR count). The molecule has 33 heavy (non-hydrogen) atoms. The number of amides is 2. The van der Waals surface area contributed by atoms with Gasteiger partial charge in [-0.25, -0.2) is 10.2 Å². The molecule has 0 radical (unpaired) electrons. The highest BCUT2D eigenvalue weighted by molar-refractivity contribution is 5.88. The van der Waals surface area contributed by atoms with Gasteiger partial charge in [0.1, 0.15) is 0 Å². The van der Waals surface area contributed by atoms with Crippen molar-refractivity contribution in [2.45, 2.75) is 65.2 Å². The highest BCUT2D eigenvalue weighted by Crippen LogP contribution is 2.28. The van der Waals surface area contributed by atoms with Crippen LogP contribution in [0, 0.1) is 17.8 Å². The van der Waals surface area contributed by atoms with Crippen LogP contribution >= 0.6 is 0 Å². The number of nitrogens with one attached hydrogen (secondary N) is 2. The zero-order valence-corrected chi connectivity index (χ0v) is 19.8. The SMILES string of the molecule is CC[C@H](C)/C(CCCc1cccc2ccccc12)=N/NC(=O)NCC1CCC(C(=O)O)CC1. The molecule has 0 spiro atoms. The van der Waals surface area contributed by atoms with Crippen molar-refractivity contribution in [3.8, 4) is 0 Å². The first-order valence-electron chi connectivity index (χ1n) is 12.3. The second kappa shape index (κ2) is 12.4. The highest BCUT2D eigenvalue weighted by Gasteiger charge is 2.26. The number of rotatable bonds is 10. The van der Waals surface area contributed by atoms with Crippen LogP contribution in [0.15, 0.2) is 47.6 Å². The van der Waals surface area contributed by atoms with E-state index in [1.807, 2.05) is 0 Å². The van der Waals surface area contributed by atoms with Gasteiger partial charge < -0.3 is 10.4 Å². The van der Waals surface area contributed by atoms with Crippen LogP contribution in [-0.2, 0) is 11.2 Å². The average molecular weight is 452 g/mol. The standard InChI is InChI=1S/C27H37N3O3/c1-3-19(2)25(13-7-11-22-10-6-9-21-8-4-5-12-24(21)22)29-30-27(33)28-18-20-14-16-23(17-15-20)26(31)32/h4-6,8-10,12,19-20,23H,3,7,11,13-18H2,1-2H3,(H,31,32)(H2,28,30,33)/b29-25+/t19-,20?,23?/m0/s1. The molecule has 1 aliphatic carbocycles. The maximum absolute atomic E-state index is 12.3. The van der Waals surface area contributed by atoms with Crippen molar-refractivity contribution in [3.05, 3.63) is 48.0 Å². The van der Waals surface area contributed by atoms with Gasteiger partial charge in [0.15, 0.2) is 0 Å². The fraction of sp³-hybridized carbons (Fsp3) is 0.519. The summed E-state index contributed by atoms with van der Waals surface area (Å²) in [7, 11) is 0. The van der Waals surface area contributed by atoms with Crippen LogP contribution in [0.5, 0.6) is 0 Å². The van der Waals surface area contributed by atoms with E-state index in [2.05, 4.69) is 72.2 Å². The zero-order valence-electron chi connectivity index (χ0n) is 19.8. The summed E-state index contributed by atoms with van der Waals surface area (Å²) in [5, 5.41) is 19.0. The minimum Gasteiger partial charge on any atom is -0.481 e. The fourth-order valence-electron chi connectivity index (χ4n) is 4.63. The van der Waals surface area contributed by atoms with E-state index in [9.17, 15) is 9.59 Å². The van der Waals surface area contributed by atoms with Gasteiger partial charge in [-0.1, -0.05) is 56.3 Å². The molecular formula is C27H37N3O3. The first-order chi connectivity index (χ1) is 16.0. The molecule has 1 fully saturated rings. The summed E-state index contributed by atoms with van der Waals surface area (Å²) in [6.07, 6.45) is 6.84. The molecule has 0 unspecified atom stereocenters. The molecule has 1 atom stereocenters. The summed E-state index contributed by atoms with van der Waals surface area (Å²) >= 11 is 0. The van der Waals surface area contributed by atoms with Gasteiger partial charge in [0.2, 0.25) is 0 Å². The van der Waals surface area contributed by atoms with Crippen LogP contribution in [0.25, 0.3) is 10.8 Å². The molecule has 178 valence electrons. The Hall–Kier alpha value is -2.89. The molecule has 1 aliphatic rings. The number of urea groups is 1. The van der Waals surface area contributed by atoms with E-state index in [0.29, 0.717) is 31.2 Å². The molecule has 0 bridgehead atoms. The Balaban J connectivity index is 1.47. The third-order valence-electron chi connectivity index (χ3n) is 6.99. The van der Waals surface area contributed by atoms with E-state index in [1.165, 1.54) is 16.3 Å². The van der Waals surface area contributed by atoms with Crippen molar-refractivity contribution >= 4 is 28.5 Å². The number of benzene rings is 2. The van der Waals surface area contributed by atoms with E-state index in [0.717, 1.165) is 44.2 Å². The Morgan fingerprint density at radius 3 is 2.55 bits per heavy atom. The van der Waals surface area contributed by atoms with Gasteiger partial charge in [0, 0.05) is 12.3 Å². The lowest BCUT2D eigenvalue weighted by Crippen LogP contribution is -2.37. The summed E-state index contributed by atoms with van der Waals surface area (Å²) < 4.78 is 0. The molecule has 2 aromatic rings. The van der Waals surface area contributed by atoms with Gasteiger partial charge in [-0.15, -0.1) is 0 Å². The molecule has 0 heterocycles. The molecule has 1 saturated carbocycles. The number of carbonyl (C=O) groups excluding carboxylic acids is 1. The molecule has 6 nitrogen and oxygen atoms in total.